The van der Waals surface area contributed by atoms with E-state index in [0.717, 1.165) is 0 Å². The summed E-state index contributed by atoms with van der Waals surface area (Å²) in [5.74, 6) is 0.869. The van der Waals surface area contributed by atoms with Crippen LogP contribution in [0.25, 0.3) is 0 Å². The highest BCUT2D eigenvalue weighted by Gasteiger charge is 2.18. The van der Waals surface area contributed by atoms with Gasteiger partial charge < -0.3 is 14.6 Å². The highest BCUT2D eigenvalue weighted by atomic mass is 35.5. The van der Waals surface area contributed by atoms with Crippen LogP contribution in [0.5, 0.6) is 0 Å². The second-order valence-corrected chi connectivity index (χ2v) is 4.40. The molecule has 17 heavy (non-hydrogen) atoms. The first-order valence-electron chi connectivity index (χ1n) is 5.39. The van der Waals surface area contributed by atoms with Crippen molar-refractivity contribution in [2.24, 2.45) is 5.92 Å². The smallest absolute Gasteiger partial charge is 0.273 e. The number of aromatic nitrogens is 1. The first-order valence-corrected chi connectivity index (χ1v) is 5.93. The SMILES string of the molecule is COCc1cc(C(=O)NC(CCl)C(C)C)no1. The van der Waals surface area contributed by atoms with E-state index in [1.807, 2.05) is 13.8 Å². The number of carbonyl (C=O) groups excluding carboxylic acids is 1. The molecule has 0 aliphatic heterocycles. The molecule has 6 heteroatoms. The summed E-state index contributed by atoms with van der Waals surface area (Å²) in [6.07, 6.45) is 0. The molecule has 1 aromatic heterocycles. The lowest BCUT2D eigenvalue weighted by Gasteiger charge is -2.18. The monoisotopic (exact) mass is 260 g/mol. The van der Waals surface area contributed by atoms with Crippen molar-refractivity contribution < 1.29 is 14.1 Å². The van der Waals surface area contributed by atoms with Gasteiger partial charge in [-0.05, 0) is 5.92 Å². The van der Waals surface area contributed by atoms with Crippen molar-refractivity contribution in [1.29, 1.82) is 0 Å². The van der Waals surface area contributed by atoms with Gasteiger partial charge in [-0.3, -0.25) is 4.79 Å². The van der Waals surface area contributed by atoms with Gasteiger partial charge in [0.1, 0.15) is 6.61 Å². The van der Waals surface area contributed by atoms with Crippen molar-refractivity contribution >= 4 is 17.5 Å². The average molecular weight is 261 g/mol. The molecule has 5 nitrogen and oxygen atoms in total. The molecule has 0 aliphatic carbocycles. The van der Waals surface area contributed by atoms with E-state index >= 15 is 0 Å². The largest absolute Gasteiger partial charge is 0.377 e. The van der Waals surface area contributed by atoms with Crippen LogP contribution in [0.3, 0.4) is 0 Å². The molecule has 1 aromatic rings. The Bertz CT molecular complexity index is 365. The van der Waals surface area contributed by atoms with E-state index < -0.39 is 0 Å². The van der Waals surface area contributed by atoms with Gasteiger partial charge in [0, 0.05) is 25.1 Å². The maximum atomic E-state index is 11.8. The number of ether oxygens (including phenoxy) is 1. The Morgan fingerprint density at radius 2 is 2.35 bits per heavy atom. The summed E-state index contributed by atoms with van der Waals surface area (Å²) in [4.78, 5) is 11.8. The molecule has 1 unspecified atom stereocenters. The minimum Gasteiger partial charge on any atom is -0.377 e. The second kappa shape index (κ2) is 6.61. The van der Waals surface area contributed by atoms with Crippen molar-refractivity contribution in [3.8, 4) is 0 Å². The standard InChI is InChI=1S/C11H17ClN2O3/c1-7(2)10(5-12)13-11(15)9-4-8(6-16-3)17-14-9/h4,7,10H,5-6H2,1-3H3,(H,13,15). The van der Waals surface area contributed by atoms with Crippen molar-refractivity contribution in [3.63, 3.8) is 0 Å². The van der Waals surface area contributed by atoms with E-state index in [-0.39, 0.29) is 23.6 Å². The van der Waals surface area contributed by atoms with Gasteiger partial charge in [0.2, 0.25) is 0 Å². The molecular formula is C11H17ClN2O3. The molecule has 1 heterocycles. The number of halogens is 1. The number of nitrogens with one attached hydrogen (secondary N) is 1. The van der Waals surface area contributed by atoms with E-state index in [2.05, 4.69) is 10.5 Å². The Balaban J connectivity index is 2.62. The fraction of sp³-hybridized carbons (Fsp3) is 0.636. The average Bonchev–Trinajstić information content (AvgIpc) is 2.74. The number of hydrogen-bond acceptors (Lipinski definition) is 4. The number of amides is 1. The molecule has 0 fully saturated rings. The molecule has 0 aliphatic rings. The summed E-state index contributed by atoms with van der Waals surface area (Å²) < 4.78 is 9.81. The van der Waals surface area contributed by atoms with Gasteiger partial charge in [-0.15, -0.1) is 11.6 Å². The van der Waals surface area contributed by atoms with Gasteiger partial charge in [-0.1, -0.05) is 19.0 Å². The molecule has 96 valence electrons. The Kier molecular flexibility index (Phi) is 5.44. The van der Waals surface area contributed by atoms with Gasteiger partial charge >= 0.3 is 0 Å². The summed E-state index contributed by atoms with van der Waals surface area (Å²) in [5.41, 5.74) is 0.243. The van der Waals surface area contributed by atoms with Crippen molar-refractivity contribution in [3.05, 3.63) is 17.5 Å². The first kappa shape index (κ1) is 14.0. The second-order valence-electron chi connectivity index (χ2n) is 4.09. The zero-order valence-corrected chi connectivity index (χ0v) is 11.0. The summed E-state index contributed by atoms with van der Waals surface area (Å²) in [6.45, 7) is 4.28. The Labute approximate surface area is 105 Å². The molecule has 0 bridgehead atoms. The van der Waals surface area contributed by atoms with Crippen LogP contribution in [0.1, 0.15) is 30.1 Å². The Morgan fingerprint density at radius 1 is 1.65 bits per heavy atom. The maximum absolute atomic E-state index is 11.8. The third kappa shape index (κ3) is 4.02. The van der Waals surface area contributed by atoms with Crippen molar-refractivity contribution in [1.82, 2.24) is 10.5 Å². The molecule has 1 N–H and O–H groups in total. The minimum atomic E-state index is -0.282. The summed E-state index contributed by atoms with van der Waals surface area (Å²) in [5, 5.41) is 6.47. The lowest BCUT2D eigenvalue weighted by Crippen LogP contribution is -2.40. The van der Waals surface area contributed by atoms with Crippen LogP contribution in [0.2, 0.25) is 0 Å². The van der Waals surface area contributed by atoms with E-state index in [0.29, 0.717) is 18.2 Å². The number of alkyl halides is 1. The van der Waals surface area contributed by atoms with Gasteiger partial charge in [0.15, 0.2) is 11.5 Å². The van der Waals surface area contributed by atoms with Gasteiger partial charge in [-0.25, -0.2) is 0 Å². The normalized spacial score (nSPS) is 12.8. The summed E-state index contributed by atoms with van der Waals surface area (Å²) >= 11 is 5.77. The van der Waals surface area contributed by atoms with Crippen LogP contribution in [-0.4, -0.2) is 30.1 Å². The number of rotatable bonds is 6. The quantitative estimate of drug-likeness (QED) is 0.793. The van der Waals surface area contributed by atoms with Crippen molar-refractivity contribution in [2.75, 3.05) is 13.0 Å². The van der Waals surface area contributed by atoms with Crippen LogP contribution in [0.15, 0.2) is 10.6 Å². The van der Waals surface area contributed by atoms with Crippen molar-refractivity contribution in [2.45, 2.75) is 26.5 Å². The van der Waals surface area contributed by atoms with Crippen LogP contribution in [0, 0.1) is 5.92 Å². The lowest BCUT2D eigenvalue weighted by molar-refractivity contribution is 0.0921. The lowest BCUT2D eigenvalue weighted by atomic mass is 10.1. The predicted molar refractivity (Wildman–Crippen MR) is 64.0 cm³/mol. The van der Waals surface area contributed by atoms with Gasteiger partial charge in [0.05, 0.1) is 0 Å². The zero-order chi connectivity index (χ0) is 12.8. The van der Waals surface area contributed by atoms with Gasteiger partial charge in [-0.2, -0.15) is 0 Å². The molecule has 0 saturated carbocycles. The van der Waals surface area contributed by atoms with E-state index in [9.17, 15) is 4.79 Å². The third-order valence-electron chi connectivity index (χ3n) is 2.37. The number of carbonyl (C=O) groups is 1. The van der Waals surface area contributed by atoms with E-state index in [1.165, 1.54) is 0 Å². The number of nitrogens with zero attached hydrogens (tertiary/aromatic N) is 1. The third-order valence-corrected chi connectivity index (χ3v) is 2.70. The highest BCUT2D eigenvalue weighted by Crippen LogP contribution is 2.08. The van der Waals surface area contributed by atoms with E-state index in [4.69, 9.17) is 20.9 Å². The maximum Gasteiger partial charge on any atom is 0.273 e. The number of hydrogen-bond donors (Lipinski definition) is 1. The molecule has 0 radical (unpaired) electrons. The summed E-state index contributed by atoms with van der Waals surface area (Å²) in [6, 6.07) is 1.48. The molecular weight excluding hydrogens is 244 g/mol. The molecule has 0 saturated heterocycles. The highest BCUT2D eigenvalue weighted by molar-refractivity contribution is 6.18. The summed E-state index contributed by atoms with van der Waals surface area (Å²) in [7, 11) is 1.55. The number of methoxy groups -OCH3 is 1. The zero-order valence-electron chi connectivity index (χ0n) is 10.2. The van der Waals surface area contributed by atoms with Crippen LogP contribution in [-0.2, 0) is 11.3 Å². The minimum absolute atomic E-state index is 0.0771. The molecule has 1 rings (SSSR count). The molecule has 1 atom stereocenters. The predicted octanol–water partition coefficient (Wildman–Crippen LogP) is 1.81. The molecule has 0 spiro atoms. The fourth-order valence-corrected chi connectivity index (χ4v) is 1.69. The van der Waals surface area contributed by atoms with E-state index in [1.54, 1.807) is 13.2 Å². The fourth-order valence-electron chi connectivity index (χ4n) is 1.26. The topological polar surface area (TPSA) is 64.4 Å². The molecule has 1 amide bonds. The Morgan fingerprint density at radius 3 is 2.88 bits per heavy atom. The Hall–Kier alpha value is -1.07. The van der Waals surface area contributed by atoms with Crippen LogP contribution in [0.4, 0.5) is 0 Å². The first-order chi connectivity index (χ1) is 8.08. The van der Waals surface area contributed by atoms with Gasteiger partial charge in [0.25, 0.3) is 5.91 Å². The molecule has 0 aromatic carbocycles. The van der Waals surface area contributed by atoms with Crippen LogP contribution >= 0.6 is 11.6 Å². The van der Waals surface area contributed by atoms with Crippen LogP contribution < -0.4 is 5.32 Å².